The van der Waals surface area contributed by atoms with Gasteiger partial charge in [0.05, 0.1) is 5.69 Å². The highest BCUT2D eigenvalue weighted by Crippen LogP contribution is 2.45. The first-order valence-electron chi connectivity index (χ1n) is 10.0. The van der Waals surface area contributed by atoms with E-state index in [-0.39, 0.29) is 5.41 Å². The third kappa shape index (κ3) is 3.73. The molecule has 1 aromatic rings. The molecule has 3 N–H and O–H groups in total. The minimum absolute atomic E-state index is 0.218. The molecule has 152 valence electrons. The zero-order valence-electron chi connectivity index (χ0n) is 18.4. The summed E-state index contributed by atoms with van der Waals surface area (Å²) >= 11 is 0. The van der Waals surface area contributed by atoms with Gasteiger partial charge in [-0.2, -0.15) is 0 Å². The van der Waals surface area contributed by atoms with E-state index in [2.05, 4.69) is 81.3 Å². The lowest BCUT2D eigenvalue weighted by atomic mass is 9.65. The minimum atomic E-state index is -0.218. The molecule has 0 saturated carbocycles. The summed E-state index contributed by atoms with van der Waals surface area (Å²) < 4.78 is 0. The Balaban J connectivity index is 2.62. The van der Waals surface area contributed by atoms with Gasteiger partial charge < -0.3 is 16.0 Å². The van der Waals surface area contributed by atoms with E-state index in [1.807, 2.05) is 7.05 Å². The van der Waals surface area contributed by atoms with Crippen LogP contribution >= 0.6 is 0 Å². The van der Waals surface area contributed by atoms with Crippen LogP contribution in [0.5, 0.6) is 0 Å². The third-order valence-electron chi connectivity index (χ3n) is 6.57. The van der Waals surface area contributed by atoms with Gasteiger partial charge in [0.1, 0.15) is 0 Å². The zero-order valence-corrected chi connectivity index (χ0v) is 18.4. The quantitative estimate of drug-likeness (QED) is 0.626. The van der Waals surface area contributed by atoms with E-state index in [1.54, 1.807) is 6.20 Å². The summed E-state index contributed by atoms with van der Waals surface area (Å²) in [4.78, 5) is 6.59. The van der Waals surface area contributed by atoms with Crippen molar-refractivity contribution in [2.75, 3.05) is 20.1 Å². The Bertz CT molecular complexity index is 812. The van der Waals surface area contributed by atoms with Crippen molar-refractivity contribution in [3.8, 4) is 0 Å². The molecule has 0 spiro atoms. The highest BCUT2D eigenvalue weighted by Gasteiger charge is 2.45. The summed E-state index contributed by atoms with van der Waals surface area (Å²) in [6, 6.07) is 6.54. The smallest absolute Gasteiger partial charge is 0.0697 e. The van der Waals surface area contributed by atoms with Crippen molar-refractivity contribution >= 4 is 18.0 Å². The Morgan fingerprint density at radius 2 is 2.00 bits per heavy atom. The molecule has 1 atom stereocenters. The van der Waals surface area contributed by atoms with Crippen LogP contribution in [0.15, 0.2) is 52.9 Å². The van der Waals surface area contributed by atoms with Crippen LogP contribution in [0.4, 0.5) is 5.69 Å². The van der Waals surface area contributed by atoms with E-state index in [0.29, 0.717) is 5.92 Å². The van der Waals surface area contributed by atoms with Crippen LogP contribution in [0, 0.1) is 5.92 Å². The van der Waals surface area contributed by atoms with Crippen molar-refractivity contribution < 1.29 is 0 Å². The molecule has 1 heterocycles. The van der Waals surface area contributed by atoms with Crippen LogP contribution in [0.3, 0.4) is 0 Å². The van der Waals surface area contributed by atoms with Crippen molar-refractivity contribution in [1.29, 1.82) is 0 Å². The summed E-state index contributed by atoms with van der Waals surface area (Å²) in [6.07, 6.45) is 2.73. The Morgan fingerprint density at radius 3 is 2.46 bits per heavy atom. The van der Waals surface area contributed by atoms with Crippen LogP contribution in [0.2, 0.25) is 0 Å². The third-order valence-corrected chi connectivity index (χ3v) is 6.57. The lowest BCUT2D eigenvalue weighted by Crippen LogP contribution is -2.56. The van der Waals surface area contributed by atoms with E-state index >= 15 is 0 Å². The normalized spacial score (nSPS) is 18.1. The lowest BCUT2D eigenvalue weighted by Gasteiger charge is -2.51. The Hall–Kier alpha value is -2.49. The summed E-state index contributed by atoms with van der Waals surface area (Å²) in [5, 5.41) is 3.34. The van der Waals surface area contributed by atoms with Gasteiger partial charge in [-0.1, -0.05) is 25.1 Å². The molecule has 0 aliphatic carbocycles. The molecule has 4 nitrogen and oxygen atoms in total. The Labute approximate surface area is 170 Å². The first-order valence-corrected chi connectivity index (χ1v) is 10.0. The molecule has 1 aromatic carbocycles. The number of benzene rings is 1. The van der Waals surface area contributed by atoms with Gasteiger partial charge in [-0.25, -0.2) is 0 Å². The fourth-order valence-corrected chi connectivity index (χ4v) is 4.08. The van der Waals surface area contributed by atoms with Gasteiger partial charge in [-0.15, -0.1) is 0 Å². The van der Waals surface area contributed by atoms with E-state index in [4.69, 9.17) is 5.73 Å². The topological polar surface area (TPSA) is 53.6 Å². The summed E-state index contributed by atoms with van der Waals surface area (Å²) in [5.41, 5.74) is 14.0. The largest absolute Gasteiger partial charge is 0.403 e. The monoisotopic (exact) mass is 380 g/mol. The zero-order chi connectivity index (χ0) is 21.1. The average Bonchev–Trinajstić information content (AvgIpc) is 2.65. The van der Waals surface area contributed by atoms with Gasteiger partial charge in [0, 0.05) is 54.6 Å². The number of hydrogen-bond donors (Lipinski definition) is 2. The second kappa shape index (κ2) is 8.68. The molecule has 2 rings (SSSR count). The number of nitrogens with zero attached hydrogens (tertiary/aromatic N) is 2. The van der Waals surface area contributed by atoms with E-state index in [0.717, 1.165) is 42.2 Å². The molecule has 28 heavy (non-hydrogen) atoms. The van der Waals surface area contributed by atoms with Gasteiger partial charge in [-0.3, -0.25) is 4.99 Å². The number of nitrogens with one attached hydrogen (secondary N) is 1. The van der Waals surface area contributed by atoms with E-state index < -0.39 is 0 Å². The average molecular weight is 381 g/mol. The first-order chi connectivity index (χ1) is 13.2. The Morgan fingerprint density at radius 1 is 1.36 bits per heavy atom. The van der Waals surface area contributed by atoms with Gasteiger partial charge >= 0.3 is 0 Å². The summed E-state index contributed by atoms with van der Waals surface area (Å²) in [7, 11) is 1.94. The van der Waals surface area contributed by atoms with Gasteiger partial charge in [0.2, 0.25) is 0 Å². The van der Waals surface area contributed by atoms with Crippen LogP contribution in [-0.4, -0.2) is 31.8 Å². The molecule has 0 aromatic heterocycles. The number of rotatable bonds is 8. The minimum Gasteiger partial charge on any atom is -0.403 e. The summed E-state index contributed by atoms with van der Waals surface area (Å²) in [5.74, 6) is 0.443. The maximum Gasteiger partial charge on any atom is 0.0697 e. The van der Waals surface area contributed by atoms with Gasteiger partial charge in [0.15, 0.2) is 0 Å². The number of allylic oxidation sites excluding steroid dienone is 4. The SMILES string of the molecule is C=Nc1ccc(C(C)(/C(=C/N)NC)C2CN(C(=C)C)C2)cc1/C(C)=C(\C)CC. The number of hydrogen-bond acceptors (Lipinski definition) is 4. The van der Waals surface area contributed by atoms with Crippen molar-refractivity contribution in [2.45, 2.75) is 46.5 Å². The number of likely N-dealkylation sites (N-methyl/N-ethyl adjacent to an activating group) is 1. The molecule has 1 saturated heterocycles. The van der Waals surface area contributed by atoms with Crippen LogP contribution in [-0.2, 0) is 5.41 Å². The van der Waals surface area contributed by atoms with E-state index in [1.165, 1.54) is 16.7 Å². The van der Waals surface area contributed by atoms with Gasteiger partial charge in [-0.05, 0) is 64.1 Å². The molecule has 1 aliphatic rings. The van der Waals surface area contributed by atoms with Crippen LogP contribution in [0.1, 0.15) is 52.2 Å². The second-order valence-corrected chi connectivity index (χ2v) is 8.02. The van der Waals surface area contributed by atoms with Crippen molar-refractivity contribution in [1.82, 2.24) is 10.2 Å². The fraction of sp³-hybridized carbons (Fsp3) is 0.458. The molecule has 1 aliphatic heterocycles. The van der Waals surface area contributed by atoms with E-state index in [9.17, 15) is 0 Å². The standard InChI is InChI=1S/C24H36N4/c1-9-17(4)18(5)21-12-19(10-11-22(21)26-7)24(6,23(13-25)27-8)20-14-28(15-20)16(2)3/h10-13,20,27H,2,7,9,14-15,25H2,1,3-6,8H3/b18-17+,23-13-. The number of aliphatic imine (C=N–C) groups is 1. The van der Waals surface area contributed by atoms with Crippen molar-refractivity contribution in [2.24, 2.45) is 16.6 Å². The molecule has 1 fully saturated rings. The molecular weight excluding hydrogens is 344 g/mol. The molecule has 0 amide bonds. The molecular formula is C24H36N4. The first kappa shape index (κ1) is 21.8. The van der Waals surface area contributed by atoms with Gasteiger partial charge in [0.25, 0.3) is 0 Å². The Kier molecular flexibility index (Phi) is 6.76. The molecule has 4 heteroatoms. The molecule has 0 bridgehead atoms. The maximum atomic E-state index is 6.05. The fourth-order valence-electron chi connectivity index (χ4n) is 4.08. The second-order valence-electron chi connectivity index (χ2n) is 8.02. The number of likely N-dealkylation sites (tertiary alicyclic amines) is 1. The lowest BCUT2D eigenvalue weighted by molar-refractivity contribution is 0.0887. The van der Waals surface area contributed by atoms with Crippen molar-refractivity contribution in [3.63, 3.8) is 0 Å². The molecule has 1 unspecified atom stereocenters. The number of nitrogens with two attached hydrogens (primary N) is 1. The predicted molar refractivity (Wildman–Crippen MR) is 123 cm³/mol. The van der Waals surface area contributed by atoms with Crippen LogP contribution < -0.4 is 11.1 Å². The highest BCUT2D eigenvalue weighted by molar-refractivity contribution is 5.77. The van der Waals surface area contributed by atoms with Crippen molar-refractivity contribution in [3.05, 3.63) is 59.1 Å². The predicted octanol–water partition coefficient (Wildman–Crippen LogP) is 4.96. The summed E-state index contributed by atoms with van der Waals surface area (Å²) in [6.45, 7) is 20.7. The molecule has 0 radical (unpaired) electrons. The maximum absolute atomic E-state index is 6.05. The highest BCUT2D eigenvalue weighted by atomic mass is 15.2. The van der Waals surface area contributed by atoms with Crippen LogP contribution in [0.25, 0.3) is 5.57 Å².